The van der Waals surface area contributed by atoms with E-state index in [4.69, 9.17) is 11.2 Å². The molecule has 2 aromatic rings. The number of carbonyl (C=O) groups is 1. The second-order valence-electron chi connectivity index (χ2n) is 8.11. The fraction of sp³-hybridized carbons (Fsp3) is 0.348. The number of rotatable bonds is 4. The number of para-hydroxylation sites is 1. The standard InChI is InChI=1S/C23H20BrN3O4/c1-2-12-31-19-10-9-14(13-16(19)24)20-18-8-5-11-26(18)23(21(20)27(29)30)15-6-3-4-7-17(15)25-22(23)28/h1,3-4,6-7,9-10,13,18,20-21H,5,8,11-12H2,(H,25,28)/t18-,20+,21+,23+/m0/s1. The molecule has 5 rings (SSSR count). The van der Waals surface area contributed by atoms with Crippen molar-refractivity contribution in [2.24, 2.45) is 0 Å². The number of fused-ring (bicyclic) bond motifs is 4. The zero-order valence-electron chi connectivity index (χ0n) is 16.6. The number of hydrogen-bond donors (Lipinski definition) is 1. The third-order valence-corrected chi connectivity index (χ3v) is 7.37. The molecule has 1 N–H and O–H groups in total. The molecule has 1 spiro atoms. The zero-order chi connectivity index (χ0) is 21.8. The molecule has 1 amide bonds. The zero-order valence-corrected chi connectivity index (χ0v) is 18.2. The van der Waals surface area contributed by atoms with Gasteiger partial charge in [-0.1, -0.05) is 30.2 Å². The summed E-state index contributed by atoms with van der Waals surface area (Å²) in [6.45, 7) is 0.785. The molecule has 3 aliphatic heterocycles. The summed E-state index contributed by atoms with van der Waals surface area (Å²) in [4.78, 5) is 27.8. The Labute approximate surface area is 188 Å². The van der Waals surface area contributed by atoms with Crippen LogP contribution in [0.3, 0.4) is 0 Å². The van der Waals surface area contributed by atoms with Crippen molar-refractivity contribution in [2.45, 2.75) is 36.4 Å². The van der Waals surface area contributed by atoms with Crippen LogP contribution in [0.2, 0.25) is 0 Å². The number of benzene rings is 2. The number of ether oxygens (including phenoxy) is 1. The van der Waals surface area contributed by atoms with E-state index in [0.29, 0.717) is 28.0 Å². The largest absolute Gasteiger partial charge is 0.480 e. The average molecular weight is 482 g/mol. The Morgan fingerprint density at radius 3 is 2.90 bits per heavy atom. The van der Waals surface area contributed by atoms with Crippen LogP contribution in [0.25, 0.3) is 0 Å². The monoisotopic (exact) mass is 481 g/mol. The molecule has 8 heteroatoms. The van der Waals surface area contributed by atoms with Gasteiger partial charge < -0.3 is 10.1 Å². The number of nitrogens with zero attached hydrogens (tertiary/aromatic N) is 2. The van der Waals surface area contributed by atoms with Gasteiger partial charge in [0.1, 0.15) is 12.4 Å². The van der Waals surface area contributed by atoms with Crippen molar-refractivity contribution in [3.05, 3.63) is 68.2 Å². The van der Waals surface area contributed by atoms with Gasteiger partial charge in [-0.25, -0.2) is 0 Å². The van der Waals surface area contributed by atoms with Gasteiger partial charge in [0.05, 0.1) is 10.4 Å². The molecule has 0 unspecified atom stereocenters. The summed E-state index contributed by atoms with van der Waals surface area (Å²) < 4.78 is 6.21. The number of amides is 1. The van der Waals surface area contributed by atoms with Crippen molar-refractivity contribution in [3.63, 3.8) is 0 Å². The second kappa shape index (κ2) is 7.36. The van der Waals surface area contributed by atoms with E-state index in [1.807, 2.05) is 36.4 Å². The Kier molecular flexibility index (Phi) is 4.76. The van der Waals surface area contributed by atoms with Gasteiger partial charge >= 0.3 is 0 Å². The first-order chi connectivity index (χ1) is 15.0. The molecule has 0 radical (unpaired) electrons. The molecule has 0 bridgehead atoms. The Morgan fingerprint density at radius 1 is 1.35 bits per heavy atom. The summed E-state index contributed by atoms with van der Waals surface area (Å²) in [5, 5.41) is 15.5. The van der Waals surface area contributed by atoms with Crippen molar-refractivity contribution in [3.8, 4) is 18.1 Å². The Balaban J connectivity index is 1.66. The number of hydrogen-bond acceptors (Lipinski definition) is 5. The number of anilines is 1. The molecular formula is C23H20BrN3O4. The van der Waals surface area contributed by atoms with Gasteiger partial charge in [0.25, 0.3) is 11.9 Å². The maximum absolute atomic E-state index is 13.4. The van der Waals surface area contributed by atoms with E-state index in [-0.39, 0.29) is 23.5 Å². The predicted octanol–water partition coefficient (Wildman–Crippen LogP) is 3.52. The van der Waals surface area contributed by atoms with Crippen LogP contribution >= 0.6 is 15.9 Å². The van der Waals surface area contributed by atoms with Gasteiger partial charge in [0.2, 0.25) is 0 Å². The summed E-state index contributed by atoms with van der Waals surface area (Å²) >= 11 is 3.51. The quantitative estimate of drug-likeness (QED) is 0.410. The van der Waals surface area contributed by atoms with Gasteiger partial charge in [-0.05, 0) is 52.5 Å². The number of nitrogens with one attached hydrogen (secondary N) is 1. The van der Waals surface area contributed by atoms with Gasteiger partial charge in [0, 0.05) is 28.8 Å². The highest BCUT2D eigenvalue weighted by atomic mass is 79.9. The van der Waals surface area contributed by atoms with Crippen molar-refractivity contribution < 1.29 is 14.5 Å². The smallest absolute Gasteiger partial charge is 0.256 e. The fourth-order valence-electron chi connectivity index (χ4n) is 5.74. The normalized spacial score (nSPS) is 28.8. The molecule has 2 fully saturated rings. The molecule has 158 valence electrons. The third-order valence-electron chi connectivity index (χ3n) is 6.75. The molecule has 2 aromatic carbocycles. The van der Waals surface area contributed by atoms with Gasteiger partial charge in [-0.3, -0.25) is 19.8 Å². The first-order valence-corrected chi connectivity index (χ1v) is 11.0. The molecule has 0 aliphatic carbocycles. The lowest BCUT2D eigenvalue weighted by molar-refractivity contribution is -0.534. The number of halogens is 1. The third kappa shape index (κ3) is 2.73. The second-order valence-corrected chi connectivity index (χ2v) is 8.96. The minimum absolute atomic E-state index is 0.100. The van der Waals surface area contributed by atoms with E-state index in [1.54, 1.807) is 6.07 Å². The predicted molar refractivity (Wildman–Crippen MR) is 118 cm³/mol. The first kappa shape index (κ1) is 20.0. The van der Waals surface area contributed by atoms with Crippen LogP contribution in [0.5, 0.6) is 5.75 Å². The minimum atomic E-state index is -1.31. The van der Waals surface area contributed by atoms with Crippen molar-refractivity contribution in [2.75, 3.05) is 18.5 Å². The van der Waals surface area contributed by atoms with E-state index in [9.17, 15) is 14.9 Å². The summed E-state index contributed by atoms with van der Waals surface area (Å²) in [6, 6.07) is 11.6. The van der Waals surface area contributed by atoms with Crippen LogP contribution in [-0.4, -0.2) is 41.0 Å². The summed E-state index contributed by atoms with van der Waals surface area (Å²) in [6.07, 6.45) is 6.98. The van der Waals surface area contributed by atoms with E-state index in [1.165, 1.54) is 0 Å². The van der Waals surface area contributed by atoms with E-state index in [2.05, 4.69) is 32.1 Å². The maximum Gasteiger partial charge on any atom is 0.256 e. The van der Waals surface area contributed by atoms with E-state index >= 15 is 0 Å². The van der Waals surface area contributed by atoms with E-state index in [0.717, 1.165) is 18.4 Å². The van der Waals surface area contributed by atoms with Crippen LogP contribution < -0.4 is 10.1 Å². The van der Waals surface area contributed by atoms with Crippen molar-refractivity contribution in [1.82, 2.24) is 4.90 Å². The number of nitro groups is 1. The molecule has 0 aromatic heterocycles. The maximum atomic E-state index is 13.4. The molecule has 2 saturated heterocycles. The molecule has 31 heavy (non-hydrogen) atoms. The molecule has 7 nitrogen and oxygen atoms in total. The fourth-order valence-corrected chi connectivity index (χ4v) is 6.25. The topological polar surface area (TPSA) is 84.7 Å². The Morgan fingerprint density at radius 2 is 2.16 bits per heavy atom. The van der Waals surface area contributed by atoms with Crippen molar-refractivity contribution >= 4 is 27.5 Å². The lowest BCUT2D eigenvalue weighted by atomic mass is 9.77. The Hall–Kier alpha value is -2.89. The molecule has 4 atom stereocenters. The SMILES string of the molecule is C#CCOc1ccc([C@@H]2[C@@H]3CCCN3[C@@]3(C(=O)Nc4ccccc43)[C@@H]2[N+](=O)[O-])cc1Br. The lowest BCUT2D eigenvalue weighted by Crippen LogP contribution is -2.55. The molecule has 0 saturated carbocycles. The summed E-state index contributed by atoms with van der Waals surface area (Å²) in [5.41, 5.74) is 0.860. The van der Waals surface area contributed by atoms with Crippen LogP contribution in [0, 0.1) is 22.5 Å². The van der Waals surface area contributed by atoms with Crippen LogP contribution in [0.1, 0.15) is 29.9 Å². The highest BCUT2D eigenvalue weighted by molar-refractivity contribution is 9.10. The number of terminal acetylenes is 1. The van der Waals surface area contributed by atoms with E-state index < -0.39 is 17.5 Å². The van der Waals surface area contributed by atoms with Crippen molar-refractivity contribution in [1.29, 1.82) is 0 Å². The Bertz CT molecular complexity index is 1130. The molecule has 3 aliphatic rings. The van der Waals surface area contributed by atoms with Crippen LogP contribution in [0.4, 0.5) is 5.69 Å². The minimum Gasteiger partial charge on any atom is -0.480 e. The lowest BCUT2D eigenvalue weighted by Gasteiger charge is -2.32. The van der Waals surface area contributed by atoms with Crippen LogP contribution in [0.15, 0.2) is 46.9 Å². The summed E-state index contributed by atoms with van der Waals surface area (Å²) in [5.74, 6) is 2.27. The van der Waals surface area contributed by atoms with Gasteiger partial charge in [0.15, 0.2) is 5.54 Å². The van der Waals surface area contributed by atoms with Gasteiger partial charge in [-0.2, -0.15) is 0 Å². The van der Waals surface area contributed by atoms with Crippen LogP contribution in [-0.2, 0) is 10.3 Å². The first-order valence-electron chi connectivity index (χ1n) is 10.2. The molecular weight excluding hydrogens is 462 g/mol. The number of carbonyl (C=O) groups excluding carboxylic acids is 1. The summed E-state index contributed by atoms with van der Waals surface area (Å²) in [7, 11) is 0. The average Bonchev–Trinajstić information content (AvgIpc) is 3.40. The highest BCUT2D eigenvalue weighted by Gasteiger charge is 2.73. The highest BCUT2D eigenvalue weighted by Crippen LogP contribution is 2.58. The molecule has 3 heterocycles. The van der Waals surface area contributed by atoms with Gasteiger partial charge in [-0.15, -0.1) is 6.42 Å².